The van der Waals surface area contributed by atoms with E-state index >= 15 is 0 Å². The van der Waals surface area contributed by atoms with Crippen LogP contribution in [0.15, 0.2) is 18.2 Å². The maximum atomic E-state index is 10.7. The summed E-state index contributed by atoms with van der Waals surface area (Å²) in [5, 5.41) is 0. The standard InChI is InChI=1S/C9H8I2O4/c1-6(12)13-5-7-4-8(14-10)2-3-9(7)15-11/h2-4H,5H2,1H3. The second-order valence-corrected chi connectivity index (χ2v) is 3.58. The third-order valence-corrected chi connectivity index (χ3v) is 2.62. The molecule has 0 spiro atoms. The third kappa shape index (κ3) is 4.01. The molecule has 6 heteroatoms. The Labute approximate surface area is 116 Å². The molecule has 1 aromatic rings. The van der Waals surface area contributed by atoms with E-state index in [-0.39, 0.29) is 12.6 Å². The SMILES string of the molecule is CC(=O)OCc1cc(OI)ccc1OI. The van der Waals surface area contributed by atoms with E-state index in [9.17, 15) is 4.79 Å². The number of carbonyl (C=O) groups is 1. The molecule has 0 saturated carbocycles. The van der Waals surface area contributed by atoms with Crippen LogP contribution in [-0.2, 0) is 16.1 Å². The van der Waals surface area contributed by atoms with Crippen molar-refractivity contribution in [2.75, 3.05) is 0 Å². The molecular formula is C9H8I2O4. The van der Waals surface area contributed by atoms with Gasteiger partial charge in [-0.15, -0.1) is 0 Å². The Morgan fingerprint density at radius 1 is 1.33 bits per heavy atom. The van der Waals surface area contributed by atoms with E-state index in [0.717, 1.165) is 5.56 Å². The maximum absolute atomic E-state index is 10.7. The Hall–Kier alpha value is -0.250. The molecule has 0 radical (unpaired) electrons. The Morgan fingerprint density at radius 2 is 2.07 bits per heavy atom. The monoisotopic (exact) mass is 434 g/mol. The van der Waals surface area contributed by atoms with Crippen LogP contribution in [0.25, 0.3) is 0 Å². The average Bonchev–Trinajstić information content (AvgIpc) is 2.25. The van der Waals surface area contributed by atoms with Crippen LogP contribution in [0.3, 0.4) is 0 Å². The lowest BCUT2D eigenvalue weighted by atomic mass is 10.2. The quantitative estimate of drug-likeness (QED) is 0.540. The molecule has 4 nitrogen and oxygen atoms in total. The molecule has 0 fully saturated rings. The minimum Gasteiger partial charge on any atom is -0.461 e. The largest absolute Gasteiger partial charge is 0.461 e. The summed E-state index contributed by atoms with van der Waals surface area (Å²) in [6, 6.07) is 5.31. The number of benzene rings is 1. The van der Waals surface area contributed by atoms with E-state index in [2.05, 4.69) is 0 Å². The summed E-state index contributed by atoms with van der Waals surface area (Å²) in [5.41, 5.74) is 0.772. The molecule has 0 aliphatic heterocycles. The van der Waals surface area contributed by atoms with Crippen LogP contribution in [0.5, 0.6) is 11.5 Å². The number of hydrogen-bond donors (Lipinski definition) is 0. The summed E-state index contributed by atoms with van der Waals surface area (Å²) >= 11 is 3.56. The normalized spacial score (nSPS) is 9.53. The van der Waals surface area contributed by atoms with Crippen LogP contribution in [0.4, 0.5) is 0 Å². The molecule has 0 atom stereocenters. The molecule has 0 saturated heterocycles. The predicted molar refractivity (Wildman–Crippen MR) is 71.2 cm³/mol. The minimum atomic E-state index is -0.324. The van der Waals surface area contributed by atoms with Gasteiger partial charge in [-0.25, -0.2) is 0 Å². The zero-order chi connectivity index (χ0) is 11.3. The molecule has 0 aromatic heterocycles. The van der Waals surface area contributed by atoms with Crippen LogP contribution >= 0.6 is 46.0 Å². The molecule has 0 N–H and O–H groups in total. The first-order chi connectivity index (χ1) is 7.17. The number of esters is 1. The Morgan fingerprint density at radius 3 is 2.60 bits per heavy atom. The van der Waals surface area contributed by atoms with Crippen LogP contribution in [0.2, 0.25) is 0 Å². The zero-order valence-corrected chi connectivity index (χ0v) is 12.1. The van der Waals surface area contributed by atoms with Gasteiger partial charge in [0, 0.05) is 12.5 Å². The van der Waals surface area contributed by atoms with Gasteiger partial charge in [-0.2, -0.15) is 0 Å². The molecule has 1 aromatic carbocycles. The van der Waals surface area contributed by atoms with Gasteiger partial charge in [0.1, 0.15) is 18.1 Å². The van der Waals surface area contributed by atoms with Crippen LogP contribution in [-0.4, -0.2) is 5.97 Å². The Kier molecular flexibility index (Phi) is 5.43. The van der Waals surface area contributed by atoms with Gasteiger partial charge in [0.25, 0.3) is 0 Å². The first-order valence-corrected chi connectivity index (χ1v) is 5.77. The second kappa shape index (κ2) is 6.36. The maximum Gasteiger partial charge on any atom is 0.302 e. The highest BCUT2D eigenvalue weighted by Gasteiger charge is 2.07. The number of ether oxygens (including phenoxy) is 1. The van der Waals surface area contributed by atoms with E-state index in [0.29, 0.717) is 11.5 Å². The van der Waals surface area contributed by atoms with Crippen molar-refractivity contribution >= 4 is 52.0 Å². The molecule has 15 heavy (non-hydrogen) atoms. The van der Waals surface area contributed by atoms with Gasteiger partial charge in [-0.05, 0) is 18.2 Å². The fourth-order valence-electron chi connectivity index (χ4n) is 0.971. The van der Waals surface area contributed by atoms with Crippen molar-refractivity contribution in [3.8, 4) is 11.5 Å². The lowest BCUT2D eigenvalue weighted by Crippen LogP contribution is -2.00. The summed E-state index contributed by atoms with van der Waals surface area (Å²) < 4.78 is 15.0. The highest BCUT2D eigenvalue weighted by atomic mass is 127. The van der Waals surface area contributed by atoms with Gasteiger partial charge < -0.3 is 10.9 Å². The van der Waals surface area contributed by atoms with Gasteiger partial charge in [0.05, 0.1) is 0 Å². The minimum absolute atomic E-state index is 0.182. The molecule has 0 amide bonds. The molecule has 82 valence electrons. The number of hydrogen-bond acceptors (Lipinski definition) is 4. The lowest BCUT2D eigenvalue weighted by molar-refractivity contribution is -0.142. The summed E-state index contributed by atoms with van der Waals surface area (Å²) in [7, 11) is 0. The fraction of sp³-hybridized carbons (Fsp3) is 0.222. The topological polar surface area (TPSA) is 44.8 Å². The van der Waals surface area contributed by atoms with Crippen molar-refractivity contribution in [2.24, 2.45) is 0 Å². The van der Waals surface area contributed by atoms with Crippen molar-refractivity contribution in [1.29, 1.82) is 0 Å². The summed E-state index contributed by atoms with van der Waals surface area (Å²) in [4.78, 5) is 10.7. The van der Waals surface area contributed by atoms with E-state index < -0.39 is 0 Å². The van der Waals surface area contributed by atoms with Crippen molar-refractivity contribution in [3.63, 3.8) is 0 Å². The molecular weight excluding hydrogens is 426 g/mol. The van der Waals surface area contributed by atoms with Crippen LogP contribution in [0, 0.1) is 0 Å². The van der Waals surface area contributed by atoms with Crippen molar-refractivity contribution in [2.45, 2.75) is 13.5 Å². The predicted octanol–water partition coefficient (Wildman–Crippen LogP) is 3.21. The van der Waals surface area contributed by atoms with Crippen molar-refractivity contribution in [3.05, 3.63) is 23.8 Å². The smallest absolute Gasteiger partial charge is 0.302 e. The summed E-state index contributed by atoms with van der Waals surface area (Å²) in [5.74, 6) is 1.03. The average molecular weight is 434 g/mol. The van der Waals surface area contributed by atoms with E-state index in [1.165, 1.54) is 6.92 Å². The highest BCUT2D eigenvalue weighted by Crippen LogP contribution is 2.27. The highest BCUT2D eigenvalue weighted by molar-refractivity contribution is 14.1. The first-order valence-electron chi connectivity index (χ1n) is 4.01. The Bertz CT molecular complexity index is 354. The van der Waals surface area contributed by atoms with E-state index in [1.807, 2.05) is 0 Å². The Balaban J connectivity index is 2.85. The third-order valence-electron chi connectivity index (χ3n) is 1.64. The van der Waals surface area contributed by atoms with Crippen LogP contribution < -0.4 is 6.13 Å². The molecule has 0 aliphatic rings. The van der Waals surface area contributed by atoms with Crippen LogP contribution in [0.1, 0.15) is 12.5 Å². The van der Waals surface area contributed by atoms with E-state index in [4.69, 9.17) is 10.9 Å². The fourth-order valence-corrected chi connectivity index (χ4v) is 1.67. The van der Waals surface area contributed by atoms with Crippen molar-refractivity contribution < 1.29 is 15.7 Å². The summed E-state index contributed by atoms with van der Waals surface area (Å²) in [6.07, 6.45) is 0. The number of rotatable bonds is 4. The molecule has 0 aliphatic carbocycles. The zero-order valence-electron chi connectivity index (χ0n) is 7.83. The first kappa shape index (κ1) is 12.8. The van der Waals surface area contributed by atoms with Gasteiger partial charge in [0.2, 0.25) is 0 Å². The molecule has 0 unspecified atom stereocenters. The van der Waals surface area contributed by atoms with E-state index in [1.54, 1.807) is 64.2 Å². The summed E-state index contributed by atoms with van der Waals surface area (Å²) in [6.45, 7) is 1.55. The molecule has 0 heterocycles. The lowest BCUT2D eigenvalue weighted by Gasteiger charge is -2.08. The number of halogens is 2. The van der Waals surface area contributed by atoms with Gasteiger partial charge in [-0.1, -0.05) is 0 Å². The van der Waals surface area contributed by atoms with Crippen molar-refractivity contribution in [1.82, 2.24) is 0 Å². The molecule has 1 rings (SSSR count). The number of carbonyl (C=O) groups excluding carboxylic acids is 1. The molecule has 0 bridgehead atoms. The van der Waals surface area contributed by atoms with Gasteiger partial charge in [0.15, 0.2) is 46.0 Å². The van der Waals surface area contributed by atoms with Gasteiger partial charge in [-0.3, -0.25) is 4.79 Å². The second-order valence-electron chi connectivity index (χ2n) is 2.70. The van der Waals surface area contributed by atoms with Gasteiger partial charge >= 0.3 is 5.97 Å².